The van der Waals surface area contributed by atoms with Gasteiger partial charge in [0.2, 0.25) is 0 Å². The largest absolute Gasteiger partial charge is 0.397 e. The molecule has 6 heteroatoms. The molecule has 0 aliphatic carbocycles. The van der Waals surface area contributed by atoms with Crippen LogP contribution in [0.4, 0.5) is 11.5 Å². The second kappa shape index (κ2) is 4.40. The molecule has 0 amide bonds. The summed E-state index contributed by atoms with van der Waals surface area (Å²) in [6.07, 6.45) is 3.31. The minimum atomic E-state index is 0.0392. The van der Waals surface area contributed by atoms with Crippen LogP contribution in [0.15, 0.2) is 18.6 Å². The van der Waals surface area contributed by atoms with Gasteiger partial charge in [-0.1, -0.05) is 0 Å². The van der Waals surface area contributed by atoms with E-state index in [1.54, 1.807) is 12.5 Å². The summed E-state index contributed by atoms with van der Waals surface area (Å²) in [5.74, 6) is 1.68. The first-order chi connectivity index (χ1) is 8.08. The highest BCUT2D eigenvalue weighted by molar-refractivity contribution is 5.51. The Bertz CT molecular complexity index is 518. The van der Waals surface area contributed by atoms with E-state index in [0.717, 1.165) is 17.2 Å². The molecular weight excluding hydrogens is 216 g/mol. The van der Waals surface area contributed by atoms with Gasteiger partial charge in [-0.25, -0.2) is 4.98 Å². The Morgan fingerprint density at radius 2 is 2.24 bits per heavy atom. The molecule has 0 radical (unpaired) electrons. The van der Waals surface area contributed by atoms with E-state index in [-0.39, 0.29) is 6.04 Å². The van der Waals surface area contributed by atoms with E-state index < -0.39 is 0 Å². The van der Waals surface area contributed by atoms with E-state index >= 15 is 0 Å². The molecule has 2 aromatic heterocycles. The van der Waals surface area contributed by atoms with E-state index in [1.165, 1.54) is 0 Å². The molecule has 2 heterocycles. The normalized spacial score (nSPS) is 12.4. The van der Waals surface area contributed by atoms with Crippen LogP contribution in [0.3, 0.4) is 0 Å². The second-order valence-corrected chi connectivity index (χ2v) is 4.10. The maximum atomic E-state index is 5.66. The van der Waals surface area contributed by atoms with Crippen molar-refractivity contribution in [1.29, 1.82) is 0 Å². The Labute approximate surface area is 99.9 Å². The molecule has 1 unspecified atom stereocenters. The Kier molecular flexibility index (Phi) is 2.95. The summed E-state index contributed by atoms with van der Waals surface area (Å²) in [4.78, 5) is 4.26. The van der Waals surface area contributed by atoms with Crippen molar-refractivity contribution in [2.45, 2.75) is 19.9 Å². The number of nitrogens with one attached hydrogen (secondary N) is 1. The third-order valence-electron chi connectivity index (χ3n) is 2.59. The lowest BCUT2D eigenvalue weighted by molar-refractivity contribution is 0.716. The summed E-state index contributed by atoms with van der Waals surface area (Å²) in [6, 6.07) is 1.93. The number of hydrogen-bond donors (Lipinski definition) is 2. The number of aromatic nitrogens is 4. The lowest BCUT2D eigenvalue weighted by Crippen LogP contribution is -2.13. The minimum absolute atomic E-state index is 0.0392. The molecule has 0 bridgehead atoms. The summed E-state index contributed by atoms with van der Waals surface area (Å²) in [5.41, 5.74) is 7.34. The van der Waals surface area contributed by atoms with Crippen molar-refractivity contribution in [2.75, 3.05) is 11.1 Å². The monoisotopic (exact) mass is 232 g/mol. The zero-order valence-corrected chi connectivity index (χ0v) is 10.2. The SMILES string of the molecule is Cc1cc(N)cnc1NC(C)c1nncn1C. The second-order valence-electron chi connectivity index (χ2n) is 4.10. The van der Waals surface area contributed by atoms with E-state index in [4.69, 9.17) is 5.73 Å². The number of pyridine rings is 1. The van der Waals surface area contributed by atoms with Crippen LogP contribution in [0.25, 0.3) is 0 Å². The molecule has 0 saturated heterocycles. The van der Waals surface area contributed by atoms with Crippen molar-refractivity contribution >= 4 is 11.5 Å². The molecule has 1 atom stereocenters. The van der Waals surface area contributed by atoms with Crippen LogP contribution in [0.2, 0.25) is 0 Å². The molecule has 0 aliphatic heterocycles. The number of nitrogen functional groups attached to an aromatic ring is 1. The highest BCUT2D eigenvalue weighted by Gasteiger charge is 2.12. The van der Waals surface area contributed by atoms with Gasteiger partial charge in [-0.3, -0.25) is 0 Å². The Morgan fingerprint density at radius 3 is 2.82 bits per heavy atom. The van der Waals surface area contributed by atoms with Crippen molar-refractivity contribution in [3.05, 3.63) is 30.0 Å². The summed E-state index contributed by atoms with van der Waals surface area (Å²) < 4.78 is 1.88. The first-order valence-electron chi connectivity index (χ1n) is 5.40. The summed E-state index contributed by atoms with van der Waals surface area (Å²) in [7, 11) is 1.91. The maximum absolute atomic E-state index is 5.66. The van der Waals surface area contributed by atoms with E-state index in [9.17, 15) is 0 Å². The Hall–Kier alpha value is -2.11. The standard InChI is InChI=1S/C11H16N6/c1-7-4-9(12)5-13-10(7)15-8(2)11-16-14-6-17(11)3/h4-6,8H,12H2,1-3H3,(H,13,15). The number of hydrogen-bond acceptors (Lipinski definition) is 5. The fourth-order valence-corrected chi connectivity index (χ4v) is 1.70. The lowest BCUT2D eigenvalue weighted by atomic mass is 10.2. The predicted molar refractivity (Wildman–Crippen MR) is 66.4 cm³/mol. The van der Waals surface area contributed by atoms with Crippen LogP contribution in [-0.4, -0.2) is 19.7 Å². The van der Waals surface area contributed by atoms with Gasteiger partial charge >= 0.3 is 0 Å². The third kappa shape index (κ3) is 2.35. The van der Waals surface area contributed by atoms with Gasteiger partial charge in [0, 0.05) is 7.05 Å². The van der Waals surface area contributed by atoms with Crippen molar-refractivity contribution in [3.8, 4) is 0 Å². The molecule has 2 aromatic rings. The van der Waals surface area contributed by atoms with Crippen LogP contribution in [0.1, 0.15) is 24.4 Å². The van der Waals surface area contributed by atoms with Gasteiger partial charge in [0.15, 0.2) is 5.82 Å². The van der Waals surface area contributed by atoms with Crippen LogP contribution in [-0.2, 0) is 7.05 Å². The molecular formula is C11H16N6. The average molecular weight is 232 g/mol. The highest BCUT2D eigenvalue weighted by Crippen LogP contribution is 2.19. The van der Waals surface area contributed by atoms with Gasteiger partial charge in [0.25, 0.3) is 0 Å². The topological polar surface area (TPSA) is 81.7 Å². The molecule has 17 heavy (non-hydrogen) atoms. The molecule has 0 spiro atoms. The average Bonchev–Trinajstić information content (AvgIpc) is 2.68. The lowest BCUT2D eigenvalue weighted by Gasteiger charge is -2.15. The summed E-state index contributed by atoms with van der Waals surface area (Å²) >= 11 is 0. The minimum Gasteiger partial charge on any atom is -0.397 e. The molecule has 0 aliphatic rings. The molecule has 0 saturated carbocycles. The van der Waals surface area contributed by atoms with Gasteiger partial charge in [-0.15, -0.1) is 10.2 Å². The van der Waals surface area contributed by atoms with Gasteiger partial charge in [0.05, 0.1) is 17.9 Å². The molecule has 0 aromatic carbocycles. The third-order valence-corrected chi connectivity index (χ3v) is 2.59. The zero-order valence-electron chi connectivity index (χ0n) is 10.2. The van der Waals surface area contributed by atoms with Gasteiger partial charge in [-0.2, -0.15) is 0 Å². The van der Waals surface area contributed by atoms with E-state index in [1.807, 2.05) is 31.5 Å². The number of rotatable bonds is 3. The first kappa shape index (κ1) is 11.4. The van der Waals surface area contributed by atoms with Crippen molar-refractivity contribution < 1.29 is 0 Å². The Balaban J connectivity index is 2.19. The highest BCUT2D eigenvalue weighted by atomic mass is 15.3. The molecule has 90 valence electrons. The van der Waals surface area contributed by atoms with E-state index in [2.05, 4.69) is 20.5 Å². The van der Waals surface area contributed by atoms with Gasteiger partial charge < -0.3 is 15.6 Å². The van der Waals surface area contributed by atoms with Crippen molar-refractivity contribution in [3.63, 3.8) is 0 Å². The van der Waals surface area contributed by atoms with Crippen LogP contribution in [0.5, 0.6) is 0 Å². The molecule has 2 rings (SSSR count). The predicted octanol–water partition coefficient (Wildman–Crippen LogP) is 1.27. The summed E-state index contributed by atoms with van der Waals surface area (Å²) in [5, 5.41) is 11.2. The number of anilines is 2. The number of nitrogens with two attached hydrogens (primary N) is 1. The fourth-order valence-electron chi connectivity index (χ4n) is 1.70. The van der Waals surface area contributed by atoms with Crippen LogP contribution in [0, 0.1) is 6.92 Å². The molecule has 0 fully saturated rings. The maximum Gasteiger partial charge on any atom is 0.154 e. The van der Waals surface area contributed by atoms with Crippen LogP contribution < -0.4 is 11.1 Å². The quantitative estimate of drug-likeness (QED) is 0.833. The number of nitrogens with zero attached hydrogens (tertiary/aromatic N) is 4. The smallest absolute Gasteiger partial charge is 0.154 e. The fraction of sp³-hybridized carbons (Fsp3) is 0.364. The van der Waals surface area contributed by atoms with E-state index in [0.29, 0.717) is 5.69 Å². The molecule has 3 N–H and O–H groups in total. The summed E-state index contributed by atoms with van der Waals surface area (Å²) in [6.45, 7) is 3.98. The van der Waals surface area contributed by atoms with Gasteiger partial charge in [0.1, 0.15) is 12.1 Å². The van der Waals surface area contributed by atoms with Crippen LogP contribution >= 0.6 is 0 Å². The number of aryl methyl sites for hydroxylation is 2. The molecule has 6 nitrogen and oxygen atoms in total. The van der Waals surface area contributed by atoms with Crippen molar-refractivity contribution in [1.82, 2.24) is 19.7 Å². The first-order valence-corrected chi connectivity index (χ1v) is 5.40. The Morgan fingerprint density at radius 1 is 1.47 bits per heavy atom. The zero-order chi connectivity index (χ0) is 12.4. The van der Waals surface area contributed by atoms with Crippen molar-refractivity contribution in [2.24, 2.45) is 7.05 Å². The van der Waals surface area contributed by atoms with Gasteiger partial charge in [-0.05, 0) is 25.5 Å².